The Hall–Kier alpha value is -0.830. The molecule has 2 nitrogen and oxygen atoms in total. The van der Waals surface area contributed by atoms with E-state index < -0.39 is 0 Å². The number of aryl methyl sites for hydroxylation is 2. The van der Waals surface area contributed by atoms with E-state index >= 15 is 0 Å². The van der Waals surface area contributed by atoms with E-state index in [9.17, 15) is 4.79 Å². The van der Waals surface area contributed by atoms with Crippen molar-refractivity contribution in [3.63, 3.8) is 0 Å². The maximum atomic E-state index is 11.6. The highest BCUT2D eigenvalue weighted by molar-refractivity contribution is 7.12. The number of carbonyl (C=O) groups excluding carboxylic acids is 1. The highest BCUT2D eigenvalue weighted by Gasteiger charge is 2.24. The Kier molecular flexibility index (Phi) is 2.12. The van der Waals surface area contributed by atoms with Gasteiger partial charge in [-0.2, -0.15) is 0 Å². The lowest BCUT2D eigenvalue weighted by atomic mass is 10.2. The summed E-state index contributed by atoms with van der Waals surface area (Å²) >= 11 is 1.68. The summed E-state index contributed by atoms with van der Waals surface area (Å²) in [5.74, 6) is 0.101. The Morgan fingerprint density at radius 2 is 2.23 bits per heavy atom. The second kappa shape index (κ2) is 3.14. The smallest absolute Gasteiger partial charge is 0.252 e. The fourth-order valence-corrected chi connectivity index (χ4v) is 2.27. The molecule has 1 aromatic heterocycles. The van der Waals surface area contributed by atoms with Gasteiger partial charge in [-0.1, -0.05) is 0 Å². The second-order valence-electron chi connectivity index (χ2n) is 3.57. The maximum absolute atomic E-state index is 11.6. The van der Waals surface area contributed by atoms with Crippen molar-refractivity contribution in [2.75, 3.05) is 0 Å². The van der Waals surface area contributed by atoms with Crippen LogP contribution in [0.2, 0.25) is 0 Å². The molecule has 0 aromatic carbocycles. The van der Waals surface area contributed by atoms with Crippen molar-refractivity contribution in [3.8, 4) is 0 Å². The monoisotopic (exact) mass is 195 g/mol. The van der Waals surface area contributed by atoms with Gasteiger partial charge in [0.1, 0.15) is 0 Å². The van der Waals surface area contributed by atoms with Crippen molar-refractivity contribution in [3.05, 3.63) is 21.4 Å². The largest absolute Gasteiger partial charge is 0.349 e. The summed E-state index contributed by atoms with van der Waals surface area (Å²) in [7, 11) is 0. The summed E-state index contributed by atoms with van der Waals surface area (Å²) in [6.45, 7) is 4.03. The molecule has 0 aliphatic heterocycles. The minimum Gasteiger partial charge on any atom is -0.349 e. The average molecular weight is 195 g/mol. The van der Waals surface area contributed by atoms with E-state index in [1.807, 2.05) is 19.9 Å². The first kappa shape index (κ1) is 8.75. The summed E-state index contributed by atoms with van der Waals surface area (Å²) < 4.78 is 0. The molecular weight excluding hydrogens is 182 g/mol. The van der Waals surface area contributed by atoms with Crippen LogP contribution in [0.15, 0.2) is 6.07 Å². The van der Waals surface area contributed by atoms with Gasteiger partial charge in [-0.25, -0.2) is 0 Å². The van der Waals surface area contributed by atoms with Gasteiger partial charge in [0, 0.05) is 15.8 Å². The van der Waals surface area contributed by atoms with E-state index in [4.69, 9.17) is 0 Å². The topological polar surface area (TPSA) is 29.1 Å². The molecular formula is C10H13NOS. The Morgan fingerprint density at radius 1 is 1.54 bits per heavy atom. The molecule has 0 unspecified atom stereocenters. The van der Waals surface area contributed by atoms with Gasteiger partial charge < -0.3 is 5.32 Å². The van der Waals surface area contributed by atoms with Crippen LogP contribution in [0, 0.1) is 13.8 Å². The summed E-state index contributed by atoms with van der Waals surface area (Å²) in [5, 5.41) is 2.99. The molecule has 1 saturated carbocycles. The molecule has 3 heteroatoms. The number of nitrogens with one attached hydrogen (secondary N) is 1. The molecule has 0 atom stereocenters. The fourth-order valence-electron chi connectivity index (χ4n) is 1.35. The van der Waals surface area contributed by atoms with Gasteiger partial charge in [0.25, 0.3) is 5.91 Å². The normalized spacial score (nSPS) is 15.8. The molecule has 1 aromatic rings. The van der Waals surface area contributed by atoms with Gasteiger partial charge in [0.15, 0.2) is 0 Å². The Bertz CT molecular complexity index is 339. The van der Waals surface area contributed by atoms with E-state index in [1.54, 1.807) is 11.3 Å². The zero-order valence-electron chi connectivity index (χ0n) is 7.89. The quantitative estimate of drug-likeness (QED) is 0.770. The van der Waals surface area contributed by atoms with E-state index in [0.717, 1.165) is 23.3 Å². The number of thiophene rings is 1. The third-order valence-electron chi connectivity index (χ3n) is 2.20. The standard InChI is InChI=1S/C10H13NOS/c1-6-5-9(7(2)13-6)10(12)11-8-3-4-8/h5,8H,3-4H2,1-2H3,(H,11,12). The number of rotatable bonds is 2. The molecule has 1 heterocycles. The van der Waals surface area contributed by atoms with Crippen LogP contribution in [0.1, 0.15) is 33.0 Å². The van der Waals surface area contributed by atoms with Crippen LogP contribution in [-0.4, -0.2) is 11.9 Å². The number of amides is 1. The van der Waals surface area contributed by atoms with Crippen LogP contribution in [0.3, 0.4) is 0 Å². The molecule has 13 heavy (non-hydrogen) atoms. The third-order valence-corrected chi connectivity index (χ3v) is 3.16. The molecule has 0 radical (unpaired) electrons. The molecule has 1 aliphatic rings. The highest BCUT2D eigenvalue weighted by Crippen LogP contribution is 2.23. The zero-order valence-corrected chi connectivity index (χ0v) is 8.70. The predicted molar refractivity (Wildman–Crippen MR) is 54.3 cm³/mol. The van der Waals surface area contributed by atoms with Crippen LogP contribution in [-0.2, 0) is 0 Å². The number of hydrogen-bond donors (Lipinski definition) is 1. The first-order valence-corrected chi connectivity index (χ1v) is 5.36. The summed E-state index contributed by atoms with van der Waals surface area (Å²) in [4.78, 5) is 14.0. The fraction of sp³-hybridized carbons (Fsp3) is 0.500. The van der Waals surface area contributed by atoms with Crippen molar-refractivity contribution in [2.24, 2.45) is 0 Å². The number of hydrogen-bond acceptors (Lipinski definition) is 2. The third kappa shape index (κ3) is 1.91. The van der Waals surface area contributed by atoms with Crippen molar-refractivity contribution in [1.82, 2.24) is 5.32 Å². The van der Waals surface area contributed by atoms with Gasteiger partial charge in [-0.05, 0) is 32.8 Å². The lowest BCUT2D eigenvalue weighted by Gasteiger charge is -2.00. The Balaban J connectivity index is 2.13. The van der Waals surface area contributed by atoms with Crippen LogP contribution in [0.5, 0.6) is 0 Å². The summed E-state index contributed by atoms with van der Waals surface area (Å²) in [6, 6.07) is 2.42. The minimum absolute atomic E-state index is 0.101. The molecule has 1 aliphatic carbocycles. The van der Waals surface area contributed by atoms with Gasteiger partial charge >= 0.3 is 0 Å². The van der Waals surface area contributed by atoms with Gasteiger partial charge in [-0.15, -0.1) is 11.3 Å². The molecule has 1 N–H and O–H groups in total. The Morgan fingerprint density at radius 3 is 2.69 bits per heavy atom. The molecule has 1 fully saturated rings. The van der Waals surface area contributed by atoms with Crippen LogP contribution >= 0.6 is 11.3 Å². The second-order valence-corrected chi connectivity index (χ2v) is 5.04. The summed E-state index contributed by atoms with van der Waals surface area (Å²) in [5.41, 5.74) is 0.856. The van der Waals surface area contributed by atoms with Crippen molar-refractivity contribution < 1.29 is 4.79 Å². The lowest BCUT2D eigenvalue weighted by molar-refractivity contribution is 0.0951. The van der Waals surface area contributed by atoms with Crippen molar-refractivity contribution >= 4 is 17.2 Å². The van der Waals surface area contributed by atoms with Gasteiger partial charge in [0.2, 0.25) is 0 Å². The highest BCUT2D eigenvalue weighted by atomic mass is 32.1. The predicted octanol–water partition coefficient (Wildman–Crippen LogP) is 2.26. The molecule has 2 rings (SSSR count). The number of carbonyl (C=O) groups is 1. The van der Waals surface area contributed by atoms with Crippen molar-refractivity contribution in [1.29, 1.82) is 0 Å². The van der Waals surface area contributed by atoms with Crippen molar-refractivity contribution in [2.45, 2.75) is 32.7 Å². The van der Waals surface area contributed by atoms with E-state index in [0.29, 0.717) is 6.04 Å². The SMILES string of the molecule is Cc1cc(C(=O)NC2CC2)c(C)s1. The van der Waals surface area contributed by atoms with E-state index in [2.05, 4.69) is 5.32 Å². The van der Waals surface area contributed by atoms with Gasteiger partial charge in [0.05, 0.1) is 5.56 Å². The Labute approximate surface area is 82.0 Å². The van der Waals surface area contributed by atoms with Gasteiger partial charge in [-0.3, -0.25) is 4.79 Å². The van der Waals surface area contributed by atoms with Crippen LogP contribution in [0.4, 0.5) is 0 Å². The lowest BCUT2D eigenvalue weighted by Crippen LogP contribution is -2.25. The van der Waals surface area contributed by atoms with E-state index in [1.165, 1.54) is 4.88 Å². The summed E-state index contributed by atoms with van der Waals surface area (Å²) in [6.07, 6.45) is 2.29. The zero-order chi connectivity index (χ0) is 9.42. The molecule has 70 valence electrons. The average Bonchev–Trinajstić information content (AvgIpc) is 2.77. The molecule has 1 amide bonds. The maximum Gasteiger partial charge on any atom is 0.252 e. The molecule has 0 spiro atoms. The molecule has 0 saturated heterocycles. The molecule has 0 bridgehead atoms. The van der Waals surface area contributed by atoms with Crippen LogP contribution < -0.4 is 5.32 Å². The van der Waals surface area contributed by atoms with Crippen LogP contribution in [0.25, 0.3) is 0 Å². The minimum atomic E-state index is 0.101. The first-order chi connectivity index (χ1) is 6.16. The first-order valence-electron chi connectivity index (χ1n) is 4.54. The van der Waals surface area contributed by atoms with E-state index in [-0.39, 0.29) is 5.91 Å².